The van der Waals surface area contributed by atoms with Crippen LogP contribution < -0.4 is 5.32 Å². The van der Waals surface area contributed by atoms with Crippen molar-refractivity contribution in [1.29, 1.82) is 0 Å². The summed E-state index contributed by atoms with van der Waals surface area (Å²) < 4.78 is 22.0. The van der Waals surface area contributed by atoms with Gasteiger partial charge in [0.2, 0.25) is 17.5 Å². The van der Waals surface area contributed by atoms with E-state index >= 15 is 0 Å². The first-order valence-electron chi connectivity index (χ1n) is 10.5. The summed E-state index contributed by atoms with van der Waals surface area (Å²) in [4.78, 5) is 12.5. The molecule has 9 heteroatoms. The highest BCUT2D eigenvalue weighted by atomic mass is 16.5. The molecule has 9 nitrogen and oxygen atoms in total. The van der Waals surface area contributed by atoms with Crippen molar-refractivity contribution in [2.45, 2.75) is 37.8 Å². The fraction of sp³-hybridized carbons (Fsp3) is 0.455. The molecule has 1 atom stereocenters. The smallest absolute Gasteiger partial charge is 0.290 e. The molecule has 2 aliphatic rings. The Morgan fingerprint density at radius 1 is 1.23 bits per heavy atom. The predicted molar refractivity (Wildman–Crippen MR) is 108 cm³/mol. The molecular formula is C22H24N4O5. The number of rotatable bonds is 8. The van der Waals surface area contributed by atoms with E-state index in [2.05, 4.69) is 20.7 Å². The number of nitrogens with one attached hydrogen (secondary N) is 1. The number of nitrogens with zero attached hydrogens (tertiary/aromatic N) is 3. The second-order valence-electron chi connectivity index (χ2n) is 8.14. The van der Waals surface area contributed by atoms with E-state index in [0.717, 1.165) is 31.6 Å². The fourth-order valence-electron chi connectivity index (χ4n) is 3.63. The average Bonchev–Trinajstić information content (AvgIpc) is 3.40. The Bertz CT molecular complexity index is 1020. The van der Waals surface area contributed by atoms with E-state index in [-0.39, 0.29) is 29.7 Å². The molecule has 0 radical (unpaired) electrons. The molecule has 0 bridgehead atoms. The largest absolute Gasteiger partial charge is 0.422 e. The molecule has 2 aromatic heterocycles. The van der Waals surface area contributed by atoms with Gasteiger partial charge in [0.1, 0.15) is 11.8 Å². The molecular weight excluding hydrogens is 400 g/mol. The lowest BCUT2D eigenvalue weighted by Gasteiger charge is -2.33. The summed E-state index contributed by atoms with van der Waals surface area (Å²) >= 11 is 0. The van der Waals surface area contributed by atoms with Gasteiger partial charge in [-0.25, -0.2) is 0 Å². The van der Waals surface area contributed by atoms with Gasteiger partial charge in [-0.05, 0) is 19.8 Å². The van der Waals surface area contributed by atoms with Crippen LogP contribution in [0.15, 0.2) is 45.3 Å². The minimum Gasteiger partial charge on any atom is -0.422 e. The van der Waals surface area contributed by atoms with Crippen LogP contribution in [-0.2, 0) is 9.47 Å². The van der Waals surface area contributed by atoms with E-state index in [4.69, 9.17) is 18.4 Å². The van der Waals surface area contributed by atoms with Crippen LogP contribution in [0.2, 0.25) is 0 Å². The standard InChI is InChI=1S/C22H24N4O5/c1-13(29-12-14-10-28-11-14)21-24-25-22(30-21)16-7-17(8-16)23-20(27)19-9-18(26-31-19)15-5-3-2-4-6-15/h2-6,9,13-14,16-17H,7-8,10-12H2,1H3,(H,23,27). The molecule has 0 spiro atoms. The number of benzene rings is 1. The van der Waals surface area contributed by atoms with Crippen molar-refractivity contribution in [2.75, 3.05) is 19.8 Å². The number of hydrogen-bond acceptors (Lipinski definition) is 8. The topological polar surface area (TPSA) is 113 Å². The summed E-state index contributed by atoms with van der Waals surface area (Å²) in [5.41, 5.74) is 1.54. The molecule has 162 valence electrons. The summed E-state index contributed by atoms with van der Waals surface area (Å²) in [5, 5.41) is 15.2. The molecule has 31 heavy (non-hydrogen) atoms. The second-order valence-corrected chi connectivity index (χ2v) is 8.14. The average molecular weight is 424 g/mol. The minimum absolute atomic E-state index is 0.0328. The van der Waals surface area contributed by atoms with Gasteiger partial charge in [0.15, 0.2) is 0 Å². The van der Waals surface area contributed by atoms with Crippen LogP contribution in [0, 0.1) is 5.92 Å². The second kappa shape index (κ2) is 8.60. The zero-order valence-electron chi connectivity index (χ0n) is 17.2. The Balaban J connectivity index is 1.10. The van der Waals surface area contributed by atoms with Crippen LogP contribution in [0.4, 0.5) is 0 Å². The highest BCUT2D eigenvalue weighted by Gasteiger charge is 2.36. The molecule has 1 aliphatic carbocycles. The molecule has 1 unspecified atom stereocenters. The van der Waals surface area contributed by atoms with E-state index in [9.17, 15) is 4.79 Å². The summed E-state index contributed by atoms with van der Waals surface area (Å²) in [7, 11) is 0. The zero-order valence-corrected chi connectivity index (χ0v) is 17.2. The third kappa shape index (κ3) is 4.38. The van der Waals surface area contributed by atoms with Gasteiger partial charge in [0, 0.05) is 29.5 Å². The number of carbonyl (C=O) groups is 1. The van der Waals surface area contributed by atoms with Gasteiger partial charge >= 0.3 is 0 Å². The van der Waals surface area contributed by atoms with Crippen LogP contribution in [-0.4, -0.2) is 47.1 Å². The molecule has 1 aliphatic heterocycles. The molecule has 1 N–H and O–H groups in total. The normalized spacial score (nSPS) is 21.8. The van der Waals surface area contributed by atoms with E-state index in [0.29, 0.717) is 30.0 Å². The third-order valence-corrected chi connectivity index (χ3v) is 5.72. The summed E-state index contributed by atoms with van der Waals surface area (Å²) in [6.45, 7) is 4.03. The van der Waals surface area contributed by atoms with Gasteiger partial charge in [-0.2, -0.15) is 0 Å². The molecule has 3 aromatic rings. The first-order chi connectivity index (χ1) is 15.2. The quantitative estimate of drug-likeness (QED) is 0.587. The number of hydrogen-bond donors (Lipinski definition) is 1. The molecule has 2 fully saturated rings. The van der Waals surface area contributed by atoms with E-state index < -0.39 is 0 Å². The van der Waals surface area contributed by atoms with Crippen molar-refractivity contribution in [1.82, 2.24) is 20.7 Å². The van der Waals surface area contributed by atoms with E-state index in [1.165, 1.54) is 0 Å². The Kier molecular flexibility index (Phi) is 5.52. The minimum atomic E-state index is -0.272. The van der Waals surface area contributed by atoms with Crippen molar-refractivity contribution in [2.24, 2.45) is 5.92 Å². The lowest BCUT2D eigenvalue weighted by atomic mass is 9.80. The maximum absolute atomic E-state index is 12.5. The van der Waals surface area contributed by atoms with Gasteiger partial charge in [-0.1, -0.05) is 35.5 Å². The van der Waals surface area contributed by atoms with Gasteiger partial charge in [-0.3, -0.25) is 4.79 Å². The molecule has 1 saturated heterocycles. The van der Waals surface area contributed by atoms with Gasteiger partial charge < -0.3 is 23.7 Å². The monoisotopic (exact) mass is 424 g/mol. The highest BCUT2D eigenvalue weighted by molar-refractivity contribution is 5.92. The summed E-state index contributed by atoms with van der Waals surface area (Å²) in [6.07, 6.45) is 1.23. The number of ether oxygens (including phenoxy) is 2. The Morgan fingerprint density at radius 3 is 2.77 bits per heavy atom. The number of aromatic nitrogens is 3. The summed E-state index contributed by atoms with van der Waals surface area (Å²) in [6, 6.07) is 11.3. The van der Waals surface area contributed by atoms with Crippen molar-refractivity contribution in [3.05, 3.63) is 53.9 Å². The zero-order chi connectivity index (χ0) is 21.2. The van der Waals surface area contributed by atoms with Gasteiger partial charge in [0.05, 0.1) is 19.8 Å². The fourth-order valence-corrected chi connectivity index (χ4v) is 3.63. The van der Waals surface area contributed by atoms with E-state index in [1.807, 2.05) is 37.3 Å². The first kappa shape index (κ1) is 19.9. The van der Waals surface area contributed by atoms with Crippen LogP contribution in [0.5, 0.6) is 0 Å². The molecule has 1 aromatic carbocycles. The highest BCUT2D eigenvalue weighted by Crippen LogP contribution is 2.37. The van der Waals surface area contributed by atoms with Crippen LogP contribution in [0.25, 0.3) is 11.3 Å². The SMILES string of the molecule is CC(OCC1COC1)c1nnc(C2CC(NC(=O)c3cc(-c4ccccc4)no3)C2)o1. The van der Waals surface area contributed by atoms with Crippen LogP contribution in [0.1, 0.15) is 54.1 Å². The number of amides is 1. The van der Waals surface area contributed by atoms with Crippen molar-refractivity contribution in [3.63, 3.8) is 0 Å². The van der Waals surface area contributed by atoms with Gasteiger partial charge in [0.25, 0.3) is 5.91 Å². The number of carbonyl (C=O) groups excluding carboxylic acids is 1. The molecule has 1 saturated carbocycles. The maximum Gasteiger partial charge on any atom is 0.290 e. The van der Waals surface area contributed by atoms with Crippen molar-refractivity contribution >= 4 is 5.91 Å². The Hall–Kier alpha value is -3.04. The third-order valence-electron chi connectivity index (χ3n) is 5.72. The lowest BCUT2D eigenvalue weighted by Crippen LogP contribution is -2.43. The Morgan fingerprint density at radius 2 is 2.03 bits per heavy atom. The first-order valence-corrected chi connectivity index (χ1v) is 10.5. The van der Waals surface area contributed by atoms with E-state index in [1.54, 1.807) is 6.07 Å². The molecule has 1 amide bonds. The maximum atomic E-state index is 12.5. The van der Waals surface area contributed by atoms with Crippen molar-refractivity contribution < 1.29 is 23.2 Å². The van der Waals surface area contributed by atoms with Crippen LogP contribution >= 0.6 is 0 Å². The predicted octanol–water partition coefficient (Wildman–Crippen LogP) is 3.12. The van der Waals surface area contributed by atoms with Gasteiger partial charge in [-0.15, -0.1) is 10.2 Å². The van der Waals surface area contributed by atoms with Crippen LogP contribution in [0.3, 0.4) is 0 Å². The molecule has 3 heterocycles. The summed E-state index contributed by atoms with van der Waals surface area (Å²) in [5.74, 6) is 1.59. The lowest BCUT2D eigenvalue weighted by molar-refractivity contribution is -0.0887. The Labute approximate surface area is 179 Å². The molecule has 5 rings (SSSR count). The van der Waals surface area contributed by atoms with Crippen molar-refractivity contribution in [3.8, 4) is 11.3 Å².